The lowest BCUT2D eigenvalue weighted by Crippen LogP contribution is -2.35. The van der Waals surface area contributed by atoms with Crippen molar-refractivity contribution < 1.29 is 8.97 Å². The summed E-state index contributed by atoms with van der Waals surface area (Å²) in [4.78, 5) is 0. The van der Waals surface area contributed by atoms with Crippen molar-refractivity contribution in [2.24, 2.45) is 0 Å². The maximum Gasteiger partial charge on any atom is 0.0780 e. The Morgan fingerprint density at radius 2 is 0.629 bits per heavy atom. The Morgan fingerprint density at radius 3 is 0.984 bits per heavy atom. The smallest absolute Gasteiger partial charge is 0.0780 e. The van der Waals surface area contributed by atoms with E-state index < -0.39 is 0 Å². The Hall–Kier alpha value is -3.20. The molecule has 4 aromatic rings. The Balaban J connectivity index is 1.35. The summed E-state index contributed by atoms with van der Waals surface area (Å²) in [5.41, 5.74) is 15.4. The maximum atomic E-state index is 2.69. The van der Waals surface area contributed by atoms with Gasteiger partial charge in [0.15, 0.2) is 0 Å². The molecule has 0 amide bonds. The average Bonchev–Trinajstić information content (AvgIpc) is 3.68. The quantitative estimate of drug-likeness (QED) is 0.0377. The third-order valence-electron chi connectivity index (χ3n) is 15.1. The van der Waals surface area contributed by atoms with Crippen molar-refractivity contribution in [2.75, 3.05) is 55.4 Å². The van der Waals surface area contributed by atoms with Crippen LogP contribution in [0, 0.1) is 0 Å². The summed E-state index contributed by atoms with van der Waals surface area (Å²) in [5, 5.41) is 0. The zero-order chi connectivity index (χ0) is 44.1. The standard InChI is InChI=1S/C60H90N2/c1-9-11-13-15-17-27-41-59(42-28-18-16-14-12-10-2)55-35-25-23-33-51(55)53-39-37-49(47-57(53)59)50-38-40-54-52-34-24-26-36-56(52)60(58(54)48-50,43-29-19-21-31-45-61(3,4)5)44-30-20-22-32-46-62(6,7)8/h23-26,33-40,47-48H,9-22,27-32,41-46H2,1-8H3/q+2. The second kappa shape index (κ2) is 22.6. The lowest BCUT2D eigenvalue weighted by Gasteiger charge is -2.34. The summed E-state index contributed by atoms with van der Waals surface area (Å²) < 4.78 is 2.13. The molecule has 4 aromatic carbocycles. The molecule has 0 bridgehead atoms. The van der Waals surface area contributed by atoms with Crippen molar-refractivity contribution in [2.45, 2.75) is 179 Å². The highest BCUT2D eigenvalue weighted by atomic mass is 15.3. The maximum absolute atomic E-state index is 2.69. The molecule has 0 saturated heterocycles. The normalized spacial score (nSPS) is 14.8. The first kappa shape index (κ1) is 48.3. The molecule has 0 spiro atoms. The SMILES string of the molecule is CCCCCCCCC1(CCCCCCCC)c2ccccc2-c2ccc(-c3ccc4c(c3)C(CCCCCC[N+](C)(C)C)(CCCCCC[N+](C)(C)C)c3ccccc3-4)cc21. The molecule has 0 N–H and O–H groups in total. The fourth-order valence-corrected chi connectivity index (χ4v) is 11.7. The van der Waals surface area contributed by atoms with E-state index >= 15 is 0 Å². The van der Waals surface area contributed by atoms with Gasteiger partial charge in [-0.15, -0.1) is 0 Å². The van der Waals surface area contributed by atoms with Gasteiger partial charge in [-0.25, -0.2) is 0 Å². The van der Waals surface area contributed by atoms with Crippen LogP contribution in [0.3, 0.4) is 0 Å². The molecule has 0 heterocycles. The molecule has 62 heavy (non-hydrogen) atoms. The predicted octanol–water partition coefficient (Wildman–Crippen LogP) is 16.7. The number of fused-ring (bicyclic) bond motifs is 6. The average molecular weight is 839 g/mol. The van der Waals surface area contributed by atoms with E-state index in [-0.39, 0.29) is 10.8 Å². The van der Waals surface area contributed by atoms with E-state index in [2.05, 4.69) is 141 Å². The Labute approximate surface area is 382 Å². The van der Waals surface area contributed by atoms with Gasteiger partial charge in [-0.05, 0) is 119 Å². The van der Waals surface area contributed by atoms with Gasteiger partial charge in [0.2, 0.25) is 0 Å². The van der Waals surface area contributed by atoms with E-state index in [0.717, 1.165) is 8.97 Å². The van der Waals surface area contributed by atoms with E-state index in [9.17, 15) is 0 Å². The predicted molar refractivity (Wildman–Crippen MR) is 272 cm³/mol. The molecule has 0 aromatic heterocycles. The van der Waals surface area contributed by atoms with Crippen LogP contribution in [-0.2, 0) is 10.8 Å². The summed E-state index contributed by atoms with van der Waals surface area (Å²) in [6, 6.07) is 34.5. The monoisotopic (exact) mass is 839 g/mol. The fraction of sp³-hybridized carbons (Fsp3) is 0.600. The molecular formula is C60H90N2+2. The second-order valence-electron chi connectivity index (χ2n) is 22.2. The van der Waals surface area contributed by atoms with Crippen molar-refractivity contribution in [3.8, 4) is 33.4 Å². The van der Waals surface area contributed by atoms with Gasteiger partial charge < -0.3 is 8.97 Å². The lowest BCUT2D eigenvalue weighted by molar-refractivity contribution is -0.870. The van der Waals surface area contributed by atoms with Crippen molar-refractivity contribution in [1.82, 2.24) is 0 Å². The van der Waals surface area contributed by atoms with Crippen LogP contribution in [-0.4, -0.2) is 64.3 Å². The number of benzene rings is 4. The van der Waals surface area contributed by atoms with E-state index in [0.29, 0.717) is 0 Å². The molecule has 6 rings (SSSR count). The van der Waals surface area contributed by atoms with Gasteiger partial charge in [-0.3, -0.25) is 0 Å². The van der Waals surface area contributed by atoms with Crippen LogP contribution < -0.4 is 0 Å². The second-order valence-corrected chi connectivity index (χ2v) is 22.2. The summed E-state index contributed by atoms with van der Waals surface area (Å²) >= 11 is 0. The van der Waals surface area contributed by atoms with Crippen LogP contribution in [0.1, 0.15) is 190 Å². The van der Waals surface area contributed by atoms with Crippen molar-refractivity contribution >= 4 is 0 Å². The first-order valence-corrected chi connectivity index (χ1v) is 26.0. The fourth-order valence-electron chi connectivity index (χ4n) is 11.7. The van der Waals surface area contributed by atoms with Crippen LogP contribution in [0.15, 0.2) is 84.9 Å². The molecule has 2 nitrogen and oxygen atoms in total. The zero-order valence-corrected chi connectivity index (χ0v) is 41.4. The number of rotatable bonds is 29. The first-order chi connectivity index (χ1) is 29.9. The van der Waals surface area contributed by atoms with Crippen LogP contribution >= 0.6 is 0 Å². The summed E-state index contributed by atoms with van der Waals surface area (Å²) in [5.74, 6) is 0. The molecule has 2 aliphatic carbocycles. The van der Waals surface area contributed by atoms with Crippen molar-refractivity contribution in [3.63, 3.8) is 0 Å². The first-order valence-electron chi connectivity index (χ1n) is 26.0. The minimum Gasteiger partial charge on any atom is -0.331 e. The third-order valence-corrected chi connectivity index (χ3v) is 15.1. The van der Waals surface area contributed by atoms with Crippen LogP contribution in [0.5, 0.6) is 0 Å². The Morgan fingerprint density at radius 1 is 0.323 bits per heavy atom. The summed E-state index contributed by atoms with van der Waals surface area (Å²) in [6.45, 7) is 7.20. The molecule has 0 unspecified atom stereocenters. The van der Waals surface area contributed by atoms with E-state index in [1.807, 2.05) is 0 Å². The highest BCUT2D eigenvalue weighted by Gasteiger charge is 2.44. The van der Waals surface area contributed by atoms with Crippen LogP contribution in [0.25, 0.3) is 33.4 Å². The summed E-state index contributed by atoms with van der Waals surface area (Å²) in [7, 11) is 14.0. The minimum absolute atomic E-state index is 0.0778. The molecule has 0 fully saturated rings. The van der Waals surface area contributed by atoms with Crippen LogP contribution in [0.4, 0.5) is 0 Å². The van der Waals surface area contributed by atoms with E-state index in [1.165, 1.54) is 201 Å². The molecule has 338 valence electrons. The number of nitrogens with zero attached hydrogens (tertiary/aromatic N) is 2. The van der Waals surface area contributed by atoms with Crippen molar-refractivity contribution in [3.05, 3.63) is 107 Å². The number of unbranched alkanes of at least 4 members (excludes halogenated alkanes) is 16. The summed E-state index contributed by atoms with van der Waals surface area (Å²) in [6.07, 6.45) is 31.9. The molecular weight excluding hydrogens is 749 g/mol. The van der Waals surface area contributed by atoms with Gasteiger partial charge in [0, 0.05) is 10.8 Å². The minimum atomic E-state index is 0.0778. The molecule has 0 saturated carbocycles. The highest BCUT2D eigenvalue weighted by molar-refractivity contribution is 5.87. The van der Waals surface area contributed by atoms with E-state index in [1.54, 1.807) is 22.3 Å². The number of quaternary nitrogens is 2. The topological polar surface area (TPSA) is 0 Å². The van der Waals surface area contributed by atoms with Crippen molar-refractivity contribution in [1.29, 1.82) is 0 Å². The molecule has 0 aliphatic heterocycles. The Kier molecular flexibility index (Phi) is 17.6. The molecule has 0 atom stereocenters. The van der Waals surface area contributed by atoms with Gasteiger partial charge in [0.05, 0.1) is 55.4 Å². The molecule has 2 heteroatoms. The van der Waals surface area contributed by atoms with Gasteiger partial charge in [-0.1, -0.05) is 189 Å². The lowest BCUT2D eigenvalue weighted by atomic mass is 9.69. The van der Waals surface area contributed by atoms with Gasteiger partial charge in [-0.2, -0.15) is 0 Å². The zero-order valence-electron chi connectivity index (χ0n) is 41.4. The third kappa shape index (κ3) is 12.1. The number of hydrogen-bond acceptors (Lipinski definition) is 0. The molecule has 0 radical (unpaired) electrons. The van der Waals surface area contributed by atoms with Gasteiger partial charge in [0.1, 0.15) is 0 Å². The van der Waals surface area contributed by atoms with E-state index in [4.69, 9.17) is 0 Å². The van der Waals surface area contributed by atoms with Gasteiger partial charge in [0.25, 0.3) is 0 Å². The molecule has 2 aliphatic rings. The highest BCUT2D eigenvalue weighted by Crippen LogP contribution is 2.57. The van der Waals surface area contributed by atoms with Gasteiger partial charge >= 0.3 is 0 Å². The Bertz CT molecular complexity index is 1930. The van der Waals surface area contributed by atoms with Crippen LogP contribution in [0.2, 0.25) is 0 Å². The largest absolute Gasteiger partial charge is 0.331 e. The number of hydrogen-bond donors (Lipinski definition) is 0.